The normalized spacial score (nSPS) is 24.7. The third-order valence-electron chi connectivity index (χ3n) is 2.19. The highest BCUT2D eigenvalue weighted by Gasteiger charge is 2.26. The zero-order valence-corrected chi connectivity index (χ0v) is 6.92. The largest absolute Gasteiger partial charge is 0.396 e. The van der Waals surface area contributed by atoms with Gasteiger partial charge in [0.25, 0.3) is 0 Å². The molecule has 1 saturated heterocycles. The lowest BCUT2D eigenvalue weighted by molar-refractivity contribution is -0.128. The summed E-state index contributed by atoms with van der Waals surface area (Å²) in [6.45, 7) is 2.95. The summed E-state index contributed by atoms with van der Waals surface area (Å²) in [7, 11) is 0. The highest BCUT2D eigenvalue weighted by Crippen LogP contribution is 2.17. The van der Waals surface area contributed by atoms with Crippen LogP contribution < -0.4 is 0 Å². The van der Waals surface area contributed by atoms with E-state index in [0.717, 1.165) is 13.0 Å². The van der Waals surface area contributed by atoms with Gasteiger partial charge in [-0.2, -0.15) is 0 Å². The molecule has 1 N–H and O–H groups in total. The van der Waals surface area contributed by atoms with Crippen molar-refractivity contribution >= 4 is 5.91 Å². The van der Waals surface area contributed by atoms with Crippen molar-refractivity contribution in [3.8, 4) is 0 Å². The highest BCUT2D eigenvalue weighted by atomic mass is 16.3. The Balaban J connectivity index is 2.35. The molecule has 1 aliphatic heterocycles. The zero-order valence-electron chi connectivity index (χ0n) is 6.92. The number of carbonyl (C=O) groups excluding carboxylic acids is 1. The molecule has 1 fully saturated rings. The van der Waals surface area contributed by atoms with E-state index in [1.165, 1.54) is 0 Å². The maximum atomic E-state index is 11.1. The van der Waals surface area contributed by atoms with Crippen LogP contribution in [-0.4, -0.2) is 35.1 Å². The van der Waals surface area contributed by atoms with Crippen molar-refractivity contribution in [1.29, 1.82) is 0 Å². The van der Waals surface area contributed by atoms with Gasteiger partial charge < -0.3 is 10.0 Å². The summed E-state index contributed by atoms with van der Waals surface area (Å²) in [5.41, 5.74) is 0. The molecule has 1 heterocycles. The van der Waals surface area contributed by atoms with E-state index in [0.29, 0.717) is 18.9 Å². The van der Waals surface area contributed by atoms with E-state index < -0.39 is 0 Å². The van der Waals surface area contributed by atoms with Gasteiger partial charge in [0.1, 0.15) is 0 Å². The average molecular weight is 157 g/mol. The SMILES string of the molecule is CC1CCC(=O)N1CCCO. The minimum absolute atomic E-state index is 0.177. The summed E-state index contributed by atoms with van der Waals surface area (Å²) in [6, 6.07) is 0.383. The predicted molar refractivity (Wildman–Crippen MR) is 42.1 cm³/mol. The van der Waals surface area contributed by atoms with Gasteiger partial charge in [0, 0.05) is 25.6 Å². The molecule has 1 amide bonds. The van der Waals surface area contributed by atoms with Gasteiger partial charge >= 0.3 is 0 Å². The fourth-order valence-corrected chi connectivity index (χ4v) is 1.46. The first kappa shape index (κ1) is 8.53. The maximum Gasteiger partial charge on any atom is 0.222 e. The molecule has 0 saturated carbocycles. The van der Waals surface area contributed by atoms with Crippen LogP contribution in [0.3, 0.4) is 0 Å². The number of nitrogens with zero attached hydrogens (tertiary/aromatic N) is 1. The number of hydrogen-bond donors (Lipinski definition) is 1. The second-order valence-corrected chi connectivity index (χ2v) is 3.05. The molecule has 1 unspecified atom stereocenters. The first-order valence-electron chi connectivity index (χ1n) is 4.16. The molecule has 3 heteroatoms. The van der Waals surface area contributed by atoms with Gasteiger partial charge in [-0.1, -0.05) is 0 Å². The standard InChI is InChI=1S/C8H15NO2/c1-7-3-4-8(11)9(7)5-2-6-10/h7,10H,2-6H2,1H3. The first-order valence-corrected chi connectivity index (χ1v) is 4.16. The van der Waals surface area contributed by atoms with Crippen LogP contribution in [0.5, 0.6) is 0 Å². The van der Waals surface area contributed by atoms with Gasteiger partial charge in [0.05, 0.1) is 0 Å². The van der Waals surface area contributed by atoms with Gasteiger partial charge in [0.2, 0.25) is 5.91 Å². The quantitative estimate of drug-likeness (QED) is 0.643. The Morgan fingerprint density at radius 3 is 2.91 bits per heavy atom. The summed E-state index contributed by atoms with van der Waals surface area (Å²) in [5.74, 6) is 0.242. The van der Waals surface area contributed by atoms with Crippen LogP contribution in [-0.2, 0) is 4.79 Å². The van der Waals surface area contributed by atoms with E-state index in [1.807, 2.05) is 4.90 Å². The Bertz CT molecular complexity index is 147. The fourth-order valence-electron chi connectivity index (χ4n) is 1.46. The molecular weight excluding hydrogens is 142 g/mol. The number of amides is 1. The topological polar surface area (TPSA) is 40.5 Å². The summed E-state index contributed by atoms with van der Waals surface area (Å²) >= 11 is 0. The molecular formula is C8H15NO2. The van der Waals surface area contributed by atoms with E-state index in [1.54, 1.807) is 0 Å². The molecule has 64 valence electrons. The van der Waals surface area contributed by atoms with Crippen LogP contribution in [0.1, 0.15) is 26.2 Å². The monoisotopic (exact) mass is 157 g/mol. The Kier molecular flexibility index (Phi) is 2.88. The second kappa shape index (κ2) is 3.72. The average Bonchev–Trinajstić information content (AvgIpc) is 2.29. The number of rotatable bonds is 3. The van der Waals surface area contributed by atoms with Gasteiger partial charge in [-0.05, 0) is 19.8 Å². The summed E-state index contributed by atoms with van der Waals surface area (Å²) < 4.78 is 0. The lowest BCUT2D eigenvalue weighted by atomic mass is 10.2. The van der Waals surface area contributed by atoms with E-state index in [-0.39, 0.29) is 12.5 Å². The summed E-state index contributed by atoms with van der Waals surface area (Å²) in [5, 5.41) is 8.56. The molecule has 0 aromatic rings. The van der Waals surface area contributed by atoms with Crippen LogP contribution in [0.15, 0.2) is 0 Å². The van der Waals surface area contributed by atoms with Gasteiger partial charge in [0.15, 0.2) is 0 Å². The van der Waals surface area contributed by atoms with E-state index in [9.17, 15) is 4.79 Å². The lowest BCUT2D eigenvalue weighted by Crippen LogP contribution is -2.32. The number of likely N-dealkylation sites (tertiary alicyclic amines) is 1. The Hall–Kier alpha value is -0.570. The number of hydrogen-bond acceptors (Lipinski definition) is 2. The molecule has 3 nitrogen and oxygen atoms in total. The molecule has 1 atom stereocenters. The van der Waals surface area contributed by atoms with Gasteiger partial charge in [-0.15, -0.1) is 0 Å². The van der Waals surface area contributed by atoms with Crippen molar-refractivity contribution in [1.82, 2.24) is 4.90 Å². The molecule has 0 aliphatic carbocycles. The van der Waals surface area contributed by atoms with Crippen molar-refractivity contribution in [2.75, 3.05) is 13.2 Å². The summed E-state index contributed by atoms with van der Waals surface area (Å²) in [6.07, 6.45) is 2.37. The van der Waals surface area contributed by atoms with E-state index in [2.05, 4.69) is 6.92 Å². The third-order valence-corrected chi connectivity index (χ3v) is 2.19. The van der Waals surface area contributed by atoms with Crippen LogP contribution in [0.25, 0.3) is 0 Å². The highest BCUT2D eigenvalue weighted by molar-refractivity contribution is 5.78. The molecule has 11 heavy (non-hydrogen) atoms. The van der Waals surface area contributed by atoms with Crippen molar-refractivity contribution in [3.05, 3.63) is 0 Å². The Labute approximate surface area is 67.0 Å². The van der Waals surface area contributed by atoms with Crippen LogP contribution in [0.4, 0.5) is 0 Å². The molecule has 1 aliphatic rings. The molecule has 0 aromatic carbocycles. The minimum atomic E-state index is 0.177. The number of carbonyl (C=O) groups is 1. The molecule has 0 bridgehead atoms. The van der Waals surface area contributed by atoms with Crippen molar-refractivity contribution in [2.24, 2.45) is 0 Å². The number of aliphatic hydroxyl groups excluding tert-OH is 1. The molecule has 1 rings (SSSR count). The van der Waals surface area contributed by atoms with Crippen LogP contribution in [0.2, 0.25) is 0 Å². The van der Waals surface area contributed by atoms with Crippen molar-refractivity contribution < 1.29 is 9.90 Å². The van der Waals surface area contributed by atoms with E-state index in [4.69, 9.17) is 5.11 Å². The zero-order chi connectivity index (χ0) is 8.27. The maximum absolute atomic E-state index is 11.1. The predicted octanol–water partition coefficient (Wildman–Crippen LogP) is 0.380. The number of aliphatic hydroxyl groups is 1. The first-order chi connectivity index (χ1) is 5.25. The lowest BCUT2D eigenvalue weighted by Gasteiger charge is -2.20. The minimum Gasteiger partial charge on any atom is -0.396 e. The molecule has 0 spiro atoms. The second-order valence-electron chi connectivity index (χ2n) is 3.05. The van der Waals surface area contributed by atoms with Crippen LogP contribution >= 0.6 is 0 Å². The Morgan fingerprint density at radius 1 is 1.73 bits per heavy atom. The van der Waals surface area contributed by atoms with E-state index >= 15 is 0 Å². The third kappa shape index (κ3) is 1.93. The van der Waals surface area contributed by atoms with Gasteiger partial charge in [-0.25, -0.2) is 0 Å². The molecule has 0 aromatic heterocycles. The van der Waals surface area contributed by atoms with Crippen molar-refractivity contribution in [3.63, 3.8) is 0 Å². The fraction of sp³-hybridized carbons (Fsp3) is 0.875. The Morgan fingerprint density at radius 2 is 2.45 bits per heavy atom. The molecule has 0 radical (unpaired) electrons. The van der Waals surface area contributed by atoms with Crippen molar-refractivity contribution in [2.45, 2.75) is 32.2 Å². The smallest absolute Gasteiger partial charge is 0.222 e. The summed E-state index contributed by atoms with van der Waals surface area (Å²) in [4.78, 5) is 13.0. The van der Waals surface area contributed by atoms with Crippen LogP contribution in [0, 0.1) is 0 Å². The van der Waals surface area contributed by atoms with Gasteiger partial charge in [-0.3, -0.25) is 4.79 Å².